The SMILES string of the molecule is CCCCCCN(CCOc1ccc(CCCCN)cc1)C[C@H](OC(C)=O)[C@@H](O)[C@@H]1OC(C)OC[C@H]1O. The predicted octanol–water partition coefficient (Wildman–Crippen LogP) is 2.64. The molecule has 0 aromatic heterocycles. The molecule has 1 saturated heterocycles. The summed E-state index contributed by atoms with van der Waals surface area (Å²) in [4.78, 5) is 14.0. The second-order valence-electron chi connectivity index (χ2n) is 9.81. The molecule has 1 unspecified atom stereocenters. The van der Waals surface area contributed by atoms with Gasteiger partial charge in [0.05, 0.1) is 6.61 Å². The van der Waals surface area contributed by atoms with E-state index in [0.29, 0.717) is 26.2 Å². The number of carbonyl (C=O) groups excluding carboxylic acids is 1. The number of ether oxygens (including phenoxy) is 4. The van der Waals surface area contributed by atoms with Crippen LogP contribution in [0.3, 0.4) is 0 Å². The van der Waals surface area contributed by atoms with Crippen LogP contribution in [0.1, 0.15) is 64.9 Å². The zero-order valence-corrected chi connectivity index (χ0v) is 22.8. The molecule has 9 nitrogen and oxygen atoms in total. The first kappa shape index (κ1) is 31.5. The lowest BCUT2D eigenvalue weighted by Crippen LogP contribution is -2.56. The number of aliphatic hydroxyl groups is 2. The normalized spacial score (nSPS) is 21.5. The maximum Gasteiger partial charge on any atom is 0.303 e. The highest BCUT2D eigenvalue weighted by atomic mass is 16.7. The van der Waals surface area contributed by atoms with Gasteiger partial charge in [-0.25, -0.2) is 0 Å². The van der Waals surface area contributed by atoms with Crippen molar-refractivity contribution < 1.29 is 34.0 Å². The van der Waals surface area contributed by atoms with E-state index in [1.807, 2.05) is 12.1 Å². The van der Waals surface area contributed by atoms with E-state index in [1.165, 1.54) is 12.5 Å². The summed E-state index contributed by atoms with van der Waals surface area (Å²) in [6, 6.07) is 8.14. The standard InChI is InChI=1S/C28H48N2O7/c1-4-5-6-9-16-30(17-18-34-24-13-11-23(12-14-24)10-7-8-15-29)19-26(36-21(2)31)27(33)28-25(32)20-35-22(3)37-28/h11-14,22,25-28,32-33H,4-10,15-20,29H2,1-3H3/t22?,25-,26+,27-,28-/m1/s1. The van der Waals surface area contributed by atoms with Crippen LogP contribution >= 0.6 is 0 Å². The number of carbonyl (C=O) groups is 1. The highest BCUT2D eigenvalue weighted by Crippen LogP contribution is 2.21. The molecule has 0 bridgehead atoms. The first-order valence-electron chi connectivity index (χ1n) is 13.8. The monoisotopic (exact) mass is 524 g/mol. The lowest BCUT2D eigenvalue weighted by molar-refractivity contribution is -0.273. The summed E-state index contributed by atoms with van der Waals surface area (Å²) in [5, 5.41) is 21.4. The smallest absolute Gasteiger partial charge is 0.303 e. The van der Waals surface area contributed by atoms with Crippen molar-refractivity contribution >= 4 is 5.97 Å². The molecule has 0 amide bonds. The van der Waals surface area contributed by atoms with Gasteiger partial charge in [-0.05, 0) is 63.4 Å². The second-order valence-corrected chi connectivity index (χ2v) is 9.81. The van der Waals surface area contributed by atoms with Gasteiger partial charge in [0.25, 0.3) is 0 Å². The molecule has 1 aliphatic heterocycles. The number of esters is 1. The number of nitrogens with two attached hydrogens (primary N) is 1. The van der Waals surface area contributed by atoms with Gasteiger partial charge in [-0.3, -0.25) is 9.69 Å². The number of hydrogen-bond acceptors (Lipinski definition) is 9. The number of unbranched alkanes of at least 4 members (excludes halogenated alkanes) is 4. The number of benzene rings is 1. The van der Waals surface area contributed by atoms with E-state index in [0.717, 1.165) is 57.2 Å². The minimum Gasteiger partial charge on any atom is -0.492 e. The van der Waals surface area contributed by atoms with E-state index in [4.69, 9.17) is 24.7 Å². The Balaban J connectivity index is 1.98. The molecule has 1 aliphatic rings. The fourth-order valence-electron chi connectivity index (χ4n) is 4.46. The Labute approximate surface area is 222 Å². The van der Waals surface area contributed by atoms with Crippen LogP contribution in [0.4, 0.5) is 0 Å². The molecule has 0 radical (unpaired) electrons. The van der Waals surface area contributed by atoms with E-state index in [-0.39, 0.29) is 6.61 Å². The molecule has 1 heterocycles. The fraction of sp³-hybridized carbons (Fsp3) is 0.750. The summed E-state index contributed by atoms with van der Waals surface area (Å²) in [6.07, 6.45) is 2.94. The molecule has 4 N–H and O–H groups in total. The Kier molecular flexibility index (Phi) is 15.1. The van der Waals surface area contributed by atoms with Crippen molar-refractivity contribution in [3.8, 4) is 5.75 Å². The van der Waals surface area contributed by atoms with Crippen molar-refractivity contribution in [1.82, 2.24) is 4.90 Å². The van der Waals surface area contributed by atoms with Crippen LogP contribution in [0.15, 0.2) is 24.3 Å². The van der Waals surface area contributed by atoms with Crippen LogP contribution in [0.2, 0.25) is 0 Å². The average Bonchev–Trinajstić information content (AvgIpc) is 2.87. The lowest BCUT2D eigenvalue weighted by atomic mass is 10.0. The van der Waals surface area contributed by atoms with Gasteiger partial charge in [-0.15, -0.1) is 0 Å². The van der Waals surface area contributed by atoms with Gasteiger partial charge in [0.1, 0.15) is 36.8 Å². The Morgan fingerprint density at radius 2 is 1.92 bits per heavy atom. The molecule has 0 saturated carbocycles. The molecule has 0 aliphatic carbocycles. The second kappa shape index (κ2) is 17.7. The molecule has 5 atom stereocenters. The summed E-state index contributed by atoms with van der Waals surface area (Å²) in [5.41, 5.74) is 6.84. The third-order valence-electron chi connectivity index (χ3n) is 6.55. The Bertz CT molecular complexity index is 749. The Morgan fingerprint density at radius 3 is 2.59 bits per heavy atom. The van der Waals surface area contributed by atoms with Crippen LogP contribution < -0.4 is 10.5 Å². The molecule has 1 aromatic rings. The molecule has 9 heteroatoms. The number of rotatable bonds is 18. The Morgan fingerprint density at radius 1 is 1.16 bits per heavy atom. The minimum absolute atomic E-state index is 0.0517. The average molecular weight is 525 g/mol. The van der Waals surface area contributed by atoms with Gasteiger partial charge in [0.2, 0.25) is 0 Å². The van der Waals surface area contributed by atoms with Crippen molar-refractivity contribution in [2.75, 3.05) is 39.4 Å². The largest absolute Gasteiger partial charge is 0.492 e. The van der Waals surface area contributed by atoms with Crippen molar-refractivity contribution in [3.63, 3.8) is 0 Å². The first-order valence-corrected chi connectivity index (χ1v) is 13.8. The van der Waals surface area contributed by atoms with Crippen LogP contribution in [0.25, 0.3) is 0 Å². The number of aliphatic hydroxyl groups excluding tert-OH is 2. The molecular weight excluding hydrogens is 476 g/mol. The highest BCUT2D eigenvalue weighted by molar-refractivity contribution is 5.66. The van der Waals surface area contributed by atoms with Crippen molar-refractivity contribution in [2.45, 2.75) is 96.4 Å². The minimum atomic E-state index is -1.20. The molecule has 1 aromatic carbocycles. The summed E-state index contributed by atoms with van der Waals surface area (Å²) in [6.45, 7) is 8.10. The summed E-state index contributed by atoms with van der Waals surface area (Å²) in [7, 11) is 0. The molecule has 0 spiro atoms. The molecule has 212 valence electrons. The van der Waals surface area contributed by atoms with E-state index in [2.05, 4.69) is 24.0 Å². The topological polar surface area (TPSA) is 124 Å². The zero-order valence-electron chi connectivity index (χ0n) is 22.8. The van der Waals surface area contributed by atoms with Gasteiger partial charge in [0, 0.05) is 20.0 Å². The molecule has 37 heavy (non-hydrogen) atoms. The lowest BCUT2D eigenvalue weighted by Gasteiger charge is -2.38. The van der Waals surface area contributed by atoms with Crippen molar-refractivity contribution in [1.29, 1.82) is 0 Å². The predicted molar refractivity (Wildman–Crippen MR) is 142 cm³/mol. The van der Waals surface area contributed by atoms with Crippen LogP contribution in [0, 0.1) is 0 Å². The fourth-order valence-corrected chi connectivity index (χ4v) is 4.46. The van der Waals surface area contributed by atoms with E-state index >= 15 is 0 Å². The number of hydrogen-bond donors (Lipinski definition) is 3. The van der Waals surface area contributed by atoms with Crippen molar-refractivity contribution in [3.05, 3.63) is 29.8 Å². The van der Waals surface area contributed by atoms with Crippen LogP contribution in [-0.2, 0) is 25.4 Å². The Hall–Kier alpha value is -1.75. The highest BCUT2D eigenvalue weighted by Gasteiger charge is 2.40. The number of nitrogens with zero attached hydrogens (tertiary/aromatic N) is 1. The van der Waals surface area contributed by atoms with E-state index in [9.17, 15) is 15.0 Å². The van der Waals surface area contributed by atoms with Gasteiger partial charge in [0.15, 0.2) is 6.29 Å². The van der Waals surface area contributed by atoms with Crippen molar-refractivity contribution in [2.24, 2.45) is 5.73 Å². The quantitative estimate of drug-likeness (QED) is 0.196. The van der Waals surface area contributed by atoms with Gasteiger partial charge < -0.3 is 34.9 Å². The summed E-state index contributed by atoms with van der Waals surface area (Å²) < 4.78 is 22.4. The zero-order chi connectivity index (χ0) is 27.0. The van der Waals surface area contributed by atoms with Crippen LogP contribution in [-0.4, -0.2) is 91.2 Å². The molecular formula is C28H48N2O7. The van der Waals surface area contributed by atoms with Crippen LogP contribution in [0.5, 0.6) is 5.75 Å². The maximum atomic E-state index is 11.9. The van der Waals surface area contributed by atoms with Gasteiger partial charge >= 0.3 is 5.97 Å². The summed E-state index contributed by atoms with van der Waals surface area (Å²) in [5.74, 6) is 0.310. The number of aryl methyl sites for hydroxylation is 1. The van der Waals surface area contributed by atoms with Gasteiger partial charge in [-0.1, -0.05) is 38.3 Å². The third kappa shape index (κ3) is 12.1. The maximum absolute atomic E-state index is 11.9. The first-order chi connectivity index (χ1) is 17.8. The summed E-state index contributed by atoms with van der Waals surface area (Å²) >= 11 is 0. The molecule has 2 rings (SSSR count). The van der Waals surface area contributed by atoms with E-state index in [1.54, 1.807) is 6.92 Å². The van der Waals surface area contributed by atoms with Gasteiger partial charge in [-0.2, -0.15) is 0 Å². The third-order valence-corrected chi connectivity index (χ3v) is 6.55. The molecule has 1 fully saturated rings. The van der Waals surface area contributed by atoms with E-state index < -0.39 is 36.7 Å².